The molecule has 0 radical (unpaired) electrons. The average Bonchev–Trinajstić information content (AvgIpc) is 2.64. The molecule has 0 N–H and O–H groups in total. The number of nitriles is 1. The first-order valence-corrected chi connectivity index (χ1v) is 8.88. The number of rotatable bonds is 4. The van der Waals surface area contributed by atoms with Crippen LogP contribution in [0.25, 0.3) is 0 Å². The predicted molar refractivity (Wildman–Crippen MR) is 97.9 cm³/mol. The molecule has 2 atom stereocenters. The minimum Gasteiger partial charge on any atom is -0.378 e. The fraction of sp³-hybridized carbons (Fsp3) is 0.318. The van der Waals surface area contributed by atoms with Crippen LogP contribution in [-0.2, 0) is 17.7 Å². The Bertz CT molecular complexity index is 806. The first-order chi connectivity index (χ1) is 12.3. The molecule has 2 unspecified atom stereocenters. The molecule has 4 rings (SSSR count). The first kappa shape index (κ1) is 16.1. The molecule has 0 amide bonds. The van der Waals surface area contributed by atoms with E-state index in [1.165, 1.54) is 11.1 Å². The lowest BCUT2D eigenvalue weighted by Gasteiger charge is -2.45. The van der Waals surface area contributed by atoms with Crippen LogP contribution >= 0.6 is 0 Å². The zero-order chi connectivity index (χ0) is 17.1. The molecule has 2 heterocycles. The summed E-state index contributed by atoms with van der Waals surface area (Å²) in [5.74, 6) is 0. The quantitative estimate of drug-likeness (QED) is 0.802. The molecule has 0 aliphatic carbocycles. The molecule has 2 aliphatic rings. The van der Waals surface area contributed by atoms with Gasteiger partial charge in [-0.25, -0.2) is 0 Å². The van der Waals surface area contributed by atoms with E-state index in [9.17, 15) is 5.26 Å². The van der Waals surface area contributed by atoms with Crippen molar-refractivity contribution < 1.29 is 4.74 Å². The van der Waals surface area contributed by atoms with E-state index in [1.807, 2.05) is 18.2 Å². The number of hydrogen-bond donors (Lipinski definition) is 0. The van der Waals surface area contributed by atoms with Crippen molar-refractivity contribution in [2.45, 2.75) is 31.5 Å². The fourth-order valence-electron chi connectivity index (χ4n) is 3.95. The molecule has 2 aliphatic heterocycles. The highest BCUT2D eigenvalue weighted by molar-refractivity contribution is 5.40. The van der Waals surface area contributed by atoms with Crippen molar-refractivity contribution in [3.05, 3.63) is 82.9 Å². The van der Waals surface area contributed by atoms with Crippen LogP contribution in [0.4, 0.5) is 0 Å². The monoisotopic (exact) mass is 330 g/mol. The van der Waals surface area contributed by atoms with E-state index >= 15 is 0 Å². The predicted octanol–water partition coefficient (Wildman–Crippen LogP) is 3.70. The molecule has 2 bridgehead atoms. The van der Waals surface area contributed by atoms with Gasteiger partial charge in [0.1, 0.15) is 0 Å². The number of morpholine rings is 1. The van der Waals surface area contributed by atoms with Gasteiger partial charge >= 0.3 is 0 Å². The van der Waals surface area contributed by atoms with E-state index in [1.54, 1.807) is 0 Å². The second-order valence-electron chi connectivity index (χ2n) is 6.89. The summed E-state index contributed by atoms with van der Waals surface area (Å²) in [5.41, 5.74) is 4.71. The van der Waals surface area contributed by atoms with Crippen LogP contribution in [0.2, 0.25) is 0 Å². The molecular formula is C22H22N2O. The van der Waals surface area contributed by atoms with Crippen LogP contribution in [-0.4, -0.2) is 30.2 Å². The number of nitrogens with zero attached hydrogens (tertiary/aromatic N) is 2. The zero-order valence-electron chi connectivity index (χ0n) is 14.3. The van der Waals surface area contributed by atoms with E-state index < -0.39 is 0 Å². The Kier molecular flexibility index (Phi) is 4.65. The molecule has 3 heteroatoms. The molecule has 1 saturated heterocycles. The van der Waals surface area contributed by atoms with Crippen LogP contribution in [0.15, 0.2) is 66.2 Å². The summed E-state index contributed by atoms with van der Waals surface area (Å²) >= 11 is 0. The molecule has 2 aromatic carbocycles. The van der Waals surface area contributed by atoms with E-state index in [4.69, 9.17) is 4.74 Å². The number of fused-ring (bicyclic) bond motifs is 2. The van der Waals surface area contributed by atoms with Crippen molar-refractivity contribution in [1.82, 2.24) is 4.90 Å². The van der Waals surface area contributed by atoms with Crippen LogP contribution in [0.1, 0.15) is 23.1 Å². The van der Waals surface area contributed by atoms with Gasteiger partial charge in [0.15, 0.2) is 0 Å². The van der Waals surface area contributed by atoms with Gasteiger partial charge in [0.2, 0.25) is 0 Å². The van der Waals surface area contributed by atoms with Crippen LogP contribution in [0.3, 0.4) is 0 Å². The molecule has 3 nitrogen and oxygen atoms in total. The topological polar surface area (TPSA) is 36.3 Å². The average molecular weight is 330 g/mol. The zero-order valence-corrected chi connectivity index (χ0v) is 14.3. The maximum absolute atomic E-state index is 9.32. The highest BCUT2D eigenvalue weighted by Gasteiger charge is 2.34. The lowest BCUT2D eigenvalue weighted by Crippen LogP contribution is -2.53. The van der Waals surface area contributed by atoms with Gasteiger partial charge in [-0.05, 0) is 30.0 Å². The van der Waals surface area contributed by atoms with Crippen molar-refractivity contribution in [3.8, 4) is 6.07 Å². The Labute approximate surface area is 149 Å². The first-order valence-electron chi connectivity index (χ1n) is 8.88. The number of hydrogen-bond acceptors (Lipinski definition) is 3. The van der Waals surface area contributed by atoms with Gasteiger partial charge in [-0.15, -0.1) is 0 Å². The minimum absolute atomic E-state index is 0.331. The van der Waals surface area contributed by atoms with E-state index in [0.29, 0.717) is 12.1 Å². The van der Waals surface area contributed by atoms with Gasteiger partial charge in [0.25, 0.3) is 0 Å². The lowest BCUT2D eigenvalue weighted by molar-refractivity contribution is -0.0440. The summed E-state index contributed by atoms with van der Waals surface area (Å²) in [7, 11) is 0. The van der Waals surface area contributed by atoms with Gasteiger partial charge in [0, 0.05) is 12.6 Å². The Morgan fingerprint density at radius 1 is 1.04 bits per heavy atom. The lowest BCUT2D eigenvalue weighted by atomic mass is 9.89. The highest BCUT2D eigenvalue weighted by Crippen LogP contribution is 2.30. The minimum atomic E-state index is 0.331. The standard InChI is InChI=1S/C22H22N2O/c23-13-20-9-5-4-8-19(20)10-18-11-21-15-25-16-22(12-18)24(21)14-17-6-2-1-3-7-17/h1-9,11,21-22H,10,12,14-16H2. The van der Waals surface area contributed by atoms with E-state index in [-0.39, 0.29) is 0 Å². The second-order valence-corrected chi connectivity index (χ2v) is 6.89. The second kappa shape index (κ2) is 7.23. The van der Waals surface area contributed by atoms with Crippen LogP contribution in [0, 0.1) is 11.3 Å². The maximum Gasteiger partial charge on any atom is 0.0994 e. The van der Waals surface area contributed by atoms with Gasteiger partial charge < -0.3 is 4.74 Å². The third-order valence-corrected chi connectivity index (χ3v) is 5.18. The van der Waals surface area contributed by atoms with Crippen LogP contribution in [0.5, 0.6) is 0 Å². The third kappa shape index (κ3) is 3.51. The summed E-state index contributed by atoms with van der Waals surface area (Å²) < 4.78 is 5.81. The normalized spacial score (nSPS) is 22.9. The van der Waals surface area contributed by atoms with Gasteiger partial charge in [-0.3, -0.25) is 4.90 Å². The Hall–Kier alpha value is -2.41. The van der Waals surface area contributed by atoms with Crippen molar-refractivity contribution >= 4 is 0 Å². The molecule has 0 saturated carbocycles. The Morgan fingerprint density at radius 2 is 1.84 bits per heavy atom. The van der Waals surface area contributed by atoms with Crippen molar-refractivity contribution in [3.63, 3.8) is 0 Å². The van der Waals surface area contributed by atoms with Gasteiger partial charge in [0.05, 0.1) is 30.9 Å². The summed E-state index contributed by atoms with van der Waals surface area (Å²) in [4.78, 5) is 2.57. The molecule has 25 heavy (non-hydrogen) atoms. The van der Waals surface area contributed by atoms with Crippen molar-refractivity contribution in [2.75, 3.05) is 13.2 Å². The maximum atomic E-state index is 9.32. The van der Waals surface area contributed by atoms with Crippen molar-refractivity contribution in [1.29, 1.82) is 5.26 Å². The summed E-state index contributed by atoms with van der Waals surface area (Å²) in [6, 6.07) is 21.7. The number of ether oxygens (including phenoxy) is 1. The molecular weight excluding hydrogens is 308 g/mol. The molecule has 1 fully saturated rings. The fourth-order valence-corrected chi connectivity index (χ4v) is 3.95. The molecule has 0 aromatic heterocycles. The molecule has 2 aromatic rings. The van der Waals surface area contributed by atoms with Gasteiger partial charge in [-0.1, -0.05) is 60.2 Å². The largest absolute Gasteiger partial charge is 0.378 e. The van der Waals surface area contributed by atoms with E-state index in [0.717, 1.165) is 43.7 Å². The third-order valence-electron chi connectivity index (χ3n) is 5.18. The SMILES string of the molecule is N#Cc1ccccc1CC1=CC2COCC(C1)N2Cc1ccccc1. The highest BCUT2D eigenvalue weighted by atomic mass is 16.5. The molecule has 0 spiro atoms. The van der Waals surface area contributed by atoms with E-state index in [2.05, 4.69) is 53.4 Å². The van der Waals surface area contributed by atoms with Crippen LogP contribution < -0.4 is 0 Å². The number of benzene rings is 2. The Morgan fingerprint density at radius 3 is 2.64 bits per heavy atom. The smallest absolute Gasteiger partial charge is 0.0994 e. The summed E-state index contributed by atoms with van der Waals surface area (Å²) in [6.45, 7) is 2.52. The molecule has 126 valence electrons. The summed E-state index contributed by atoms with van der Waals surface area (Å²) in [6.07, 6.45) is 4.26. The Balaban J connectivity index is 1.54. The van der Waals surface area contributed by atoms with Gasteiger partial charge in [-0.2, -0.15) is 5.26 Å². The van der Waals surface area contributed by atoms with Crippen molar-refractivity contribution in [2.24, 2.45) is 0 Å². The summed E-state index contributed by atoms with van der Waals surface area (Å²) in [5, 5.41) is 9.32.